The van der Waals surface area contributed by atoms with Crippen molar-refractivity contribution in [2.45, 2.75) is 38.1 Å². The zero-order valence-corrected chi connectivity index (χ0v) is 18.4. The molecule has 0 unspecified atom stereocenters. The van der Waals surface area contributed by atoms with Crippen molar-refractivity contribution in [2.24, 2.45) is 0 Å². The maximum Gasteiger partial charge on any atom is 0.252 e. The molecule has 156 valence electrons. The number of likely N-dealkylation sites (tertiary alicyclic amines) is 1. The Labute approximate surface area is 177 Å². The van der Waals surface area contributed by atoms with E-state index >= 15 is 0 Å². The largest absolute Gasteiger partial charge is 0.350 e. The Morgan fingerprint density at radius 2 is 1.86 bits per heavy atom. The first-order valence-electron chi connectivity index (χ1n) is 9.73. The summed E-state index contributed by atoms with van der Waals surface area (Å²) in [7, 11) is -3.18. The summed E-state index contributed by atoms with van der Waals surface area (Å²) in [5.41, 5.74) is 0.193. The fourth-order valence-corrected chi connectivity index (χ4v) is 5.98. The Morgan fingerprint density at radius 3 is 2.39 bits per heavy atom. The summed E-state index contributed by atoms with van der Waals surface area (Å²) < 4.78 is 26.4. The summed E-state index contributed by atoms with van der Waals surface area (Å²) in [6.45, 7) is 5.32. The number of benzene rings is 1. The van der Waals surface area contributed by atoms with Gasteiger partial charge in [0.15, 0.2) is 0 Å². The van der Waals surface area contributed by atoms with Gasteiger partial charge in [-0.25, -0.2) is 12.7 Å². The first-order chi connectivity index (χ1) is 13.3. The van der Waals surface area contributed by atoms with E-state index in [1.165, 1.54) is 0 Å². The third-order valence-corrected chi connectivity index (χ3v) is 8.41. The quantitative estimate of drug-likeness (QED) is 0.697. The van der Waals surface area contributed by atoms with Crippen molar-refractivity contribution >= 4 is 39.1 Å². The number of carbonyl (C=O) groups is 1. The Bertz CT molecular complexity index is 820. The van der Waals surface area contributed by atoms with Gasteiger partial charge in [0.2, 0.25) is 10.0 Å². The standard InChI is InChI=1S/C19H27Cl2N3O3S/c1-2-12-28(26,27)24-10-6-19(7-11-24,23-8-3-9-23)14-22-18(25)16-5-4-15(20)13-17(16)21/h4-5,13H,2-3,6-12,14H2,1H3,(H,22,25). The summed E-state index contributed by atoms with van der Waals surface area (Å²) in [6, 6.07) is 4.82. The fraction of sp³-hybridized carbons (Fsp3) is 0.632. The van der Waals surface area contributed by atoms with Crippen LogP contribution in [0.15, 0.2) is 18.2 Å². The lowest BCUT2D eigenvalue weighted by atomic mass is 9.84. The first kappa shape index (κ1) is 21.8. The number of piperidine rings is 1. The number of hydrogen-bond donors (Lipinski definition) is 1. The van der Waals surface area contributed by atoms with Crippen molar-refractivity contribution in [2.75, 3.05) is 38.5 Å². The van der Waals surface area contributed by atoms with Crippen molar-refractivity contribution in [3.63, 3.8) is 0 Å². The van der Waals surface area contributed by atoms with E-state index in [1.807, 2.05) is 6.92 Å². The van der Waals surface area contributed by atoms with Gasteiger partial charge >= 0.3 is 0 Å². The smallest absolute Gasteiger partial charge is 0.252 e. The number of nitrogens with zero attached hydrogens (tertiary/aromatic N) is 2. The molecule has 6 nitrogen and oxygen atoms in total. The van der Waals surface area contributed by atoms with E-state index in [4.69, 9.17) is 23.2 Å². The minimum atomic E-state index is -3.18. The van der Waals surface area contributed by atoms with Gasteiger partial charge in [0, 0.05) is 30.2 Å². The first-order valence-corrected chi connectivity index (χ1v) is 12.1. The van der Waals surface area contributed by atoms with E-state index in [-0.39, 0.29) is 17.2 Å². The van der Waals surface area contributed by atoms with Crippen LogP contribution in [-0.4, -0.2) is 67.5 Å². The molecule has 1 amide bonds. The Hall–Kier alpha value is -0.860. The van der Waals surface area contributed by atoms with E-state index in [1.54, 1.807) is 22.5 Å². The van der Waals surface area contributed by atoms with Crippen LogP contribution in [0, 0.1) is 0 Å². The summed E-state index contributed by atoms with van der Waals surface area (Å²) >= 11 is 12.1. The third-order valence-electron chi connectivity index (χ3n) is 5.79. The van der Waals surface area contributed by atoms with E-state index < -0.39 is 10.0 Å². The second-order valence-corrected chi connectivity index (χ2v) is 10.5. The minimum Gasteiger partial charge on any atom is -0.350 e. The molecule has 0 atom stereocenters. The lowest BCUT2D eigenvalue weighted by Crippen LogP contribution is -2.64. The predicted molar refractivity (Wildman–Crippen MR) is 113 cm³/mol. The predicted octanol–water partition coefficient (Wildman–Crippen LogP) is 3.00. The fourth-order valence-electron chi connectivity index (χ4n) is 3.98. The minimum absolute atomic E-state index is 0.190. The average molecular weight is 448 g/mol. The maximum atomic E-state index is 12.6. The van der Waals surface area contributed by atoms with Crippen molar-refractivity contribution < 1.29 is 13.2 Å². The van der Waals surface area contributed by atoms with Gasteiger partial charge in [-0.2, -0.15) is 0 Å². The van der Waals surface area contributed by atoms with Gasteiger partial charge in [-0.15, -0.1) is 0 Å². The van der Waals surface area contributed by atoms with Gasteiger partial charge in [0.05, 0.1) is 16.3 Å². The lowest BCUT2D eigenvalue weighted by molar-refractivity contribution is -0.00467. The molecular formula is C19H27Cl2N3O3S. The number of sulfonamides is 1. The molecule has 9 heteroatoms. The molecule has 1 aromatic rings. The Kier molecular flexibility index (Phi) is 6.92. The van der Waals surface area contributed by atoms with Gasteiger partial charge in [0.25, 0.3) is 5.91 Å². The van der Waals surface area contributed by atoms with Gasteiger partial charge in [-0.05, 0) is 57.0 Å². The van der Waals surface area contributed by atoms with E-state index in [0.29, 0.717) is 54.5 Å². The molecule has 1 aromatic carbocycles. The highest BCUT2D eigenvalue weighted by Crippen LogP contribution is 2.33. The van der Waals surface area contributed by atoms with Crippen molar-refractivity contribution in [1.29, 1.82) is 0 Å². The number of nitrogens with one attached hydrogen (secondary N) is 1. The van der Waals surface area contributed by atoms with Crippen LogP contribution in [0.25, 0.3) is 0 Å². The van der Waals surface area contributed by atoms with Crippen LogP contribution in [0.5, 0.6) is 0 Å². The second-order valence-electron chi connectivity index (χ2n) is 7.59. The molecule has 0 spiro atoms. The highest BCUT2D eigenvalue weighted by molar-refractivity contribution is 7.89. The topological polar surface area (TPSA) is 69.7 Å². The normalized spacial score (nSPS) is 20.5. The van der Waals surface area contributed by atoms with Crippen LogP contribution in [0.2, 0.25) is 10.0 Å². The number of hydrogen-bond acceptors (Lipinski definition) is 4. The summed E-state index contributed by atoms with van der Waals surface area (Å²) in [5, 5.41) is 3.83. The average Bonchev–Trinajstić information content (AvgIpc) is 2.58. The highest BCUT2D eigenvalue weighted by atomic mass is 35.5. The zero-order valence-electron chi connectivity index (χ0n) is 16.1. The monoisotopic (exact) mass is 447 g/mol. The zero-order chi connectivity index (χ0) is 20.4. The summed E-state index contributed by atoms with van der Waals surface area (Å²) in [4.78, 5) is 15.0. The summed E-state index contributed by atoms with van der Waals surface area (Å²) in [5.74, 6) is -0.0437. The van der Waals surface area contributed by atoms with Crippen molar-refractivity contribution in [3.8, 4) is 0 Å². The maximum absolute atomic E-state index is 12.6. The molecule has 0 saturated carbocycles. The molecule has 0 aromatic heterocycles. The molecule has 2 aliphatic heterocycles. The van der Waals surface area contributed by atoms with Gasteiger partial charge in [-0.3, -0.25) is 9.69 Å². The second kappa shape index (κ2) is 8.88. The molecule has 2 fully saturated rings. The van der Waals surface area contributed by atoms with Crippen LogP contribution in [-0.2, 0) is 10.0 Å². The molecule has 2 aliphatic rings. The molecule has 0 radical (unpaired) electrons. The highest BCUT2D eigenvalue weighted by Gasteiger charge is 2.44. The van der Waals surface area contributed by atoms with Crippen molar-refractivity contribution in [3.05, 3.63) is 33.8 Å². The molecule has 3 rings (SSSR count). The van der Waals surface area contributed by atoms with Crippen LogP contribution in [0.3, 0.4) is 0 Å². The molecule has 0 bridgehead atoms. The van der Waals surface area contributed by atoms with Crippen LogP contribution < -0.4 is 5.32 Å². The summed E-state index contributed by atoms with van der Waals surface area (Å²) in [6.07, 6.45) is 3.18. The number of amides is 1. The molecular weight excluding hydrogens is 421 g/mol. The van der Waals surface area contributed by atoms with Crippen molar-refractivity contribution in [1.82, 2.24) is 14.5 Å². The van der Waals surface area contributed by atoms with Gasteiger partial charge in [0.1, 0.15) is 0 Å². The van der Waals surface area contributed by atoms with Gasteiger partial charge in [-0.1, -0.05) is 30.1 Å². The number of halogens is 2. The van der Waals surface area contributed by atoms with Gasteiger partial charge < -0.3 is 5.32 Å². The molecule has 2 heterocycles. The van der Waals surface area contributed by atoms with Crippen LogP contribution in [0.1, 0.15) is 43.0 Å². The molecule has 1 N–H and O–H groups in total. The number of rotatable bonds is 7. The van der Waals surface area contributed by atoms with E-state index in [9.17, 15) is 13.2 Å². The van der Waals surface area contributed by atoms with Crippen LogP contribution in [0.4, 0.5) is 0 Å². The molecule has 0 aliphatic carbocycles. The molecule has 28 heavy (non-hydrogen) atoms. The molecule has 2 saturated heterocycles. The lowest BCUT2D eigenvalue weighted by Gasteiger charge is -2.52. The van der Waals surface area contributed by atoms with E-state index in [0.717, 1.165) is 19.5 Å². The van der Waals surface area contributed by atoms with Crippen LogP contribution >= 0.6 is 23.2 Å². The third kappa shape index (κ3) is 4.65. The Balaban J connectivity index is 1.67. The van der Waals surface area contributed by atoms with E-state index in [2.05, 4.69) is 10.2 Å². The number of carbonyl (C=O) groups excluding carboxylic acids is 1. The Morgan fingerprint density at radius 1 is 1.18 bits per heavy atom. The SMILES string of the molecule is CCCS(=O)(=O)N1CCC(CNC(=O)c2ccc(Cl)cc2Cl)(N2CCC2)CC1.